The molecule has 4 aliphatic carbocycles. The molecular weight excluding hydrogens is 536 g/mol. The quantitative estimate of drug-likeness (QED) is 0.175. The first-order valence-corrected chi connectivity index (χ1v) is 15.1. The predicted octanol–water partition coefficient (Wildman–Crippen LogP) is 5.49. The van der Waals surface area contributed by atoms with Gasteiger partial charge in [-0.15, -0.1) is 0 Å². The molecule has 0 aromatic rings. The highest BCUT2D eigenvalue weighted by Crippen LogP contribution is 2.73. The Morgan fingerprint density at radius 1 is 1.00 bits per heavy atom. The summed E-state index contributed by atoms with van der Waals surface area (Å²) < 4.78 is 17.0. The lowest BCUT2D eigenvalue weighted by Crippen LogP contribution is -2.69. The van der Waals surface area contributed by atoms with E-state index in [1.165, 1.54) is 21.0 Å². The van der Waals surface area contributed by atoms with E-state index in [0.717, 1.165) is 11.1 Å². The number of esters is 3. The number of methoxy groups -OCH3 is 1. The predicted molar refractivity (Wildman–Crippen MR) is 156 cm³/mol. The average molecular weight is 583 g/mol. The third kappa shape index (κ3) is 4.79. The smallest absolute Gasteiger partial charge is 0.333 e. The van der Waals surface area contributed by atoms with Gasteiger partial charge in [-0.1, -0.05) is 45.4 Å². The standard InChI is InChI=1S/C34H46O8/c1-18(2)11-10-12-22(31(39)40-9)27-23-13-14-26-32(6)16-15-24(37)19(3)28(32)29(42-21(5)36)30(38)34(26,8)33(23,7)17-25(27)41-20(4)35/h11,15-16,19,23,25-26,28-29H,10,12-14,17H2,1-9H3. The summed E-state index contributed by atoms with van der Waals surface area (Å²) in [7, 11) is 1.35. The van der Waals surface area contributed by atoms with Crippen LogP contribution in [0, 0.1) is 39.9 Å². The molecular formula is C34H46O8. The van der Waals surface area contributed by atoms with Crippen LogP contribution in [-0.4, -0.2) is 48.8 Å². The number of Topliss-reactive ketones (excluding diaryl/α,β-unsaturated/α-hetero) is 1. The van der Waals surface area contributed by atoms with E-state index in [1.54, 1.807) is 6.08 Å². The summed E-state index contributed by atoms with van der Waals surface area (Å²) in [5.74, 6) is -3.13. The van der Waals surface area contributed by atoms with Crippen molar-refractivity contribution in [1.29, 1.82) is 0 Å². The fourth-order valence-corrected chi connectivity index (χ4v) is 9.30. The zero-order chi connectivity index (χ0) is 31.4. The summed E-state index contributed by atoms with van der Waals surface area (Å²) >= 11 is 0. The molecule has 42 heavy (non-hydrogen) atoms. The minimum Gasteiger partial charge on any atom is -0.466 e. The topological polar surface area (TPSA) is 113 Å². The maximum atomic E-state index is 14.8. The van der Waals surface area contributed by atoms with Crippen LogP contribution in [-0.2, 0) is 38.2 Å². The third-order valence-electron chi connectivity index (χ3n) is 11.2. The second-order valence-corrected chi connectivity index (χ2v) is 13.7. The van der Waals surface area contributed by atoms with Crippen molar-refractivity contribution in [3.8, 4) is 0 Å². The molecule has 0 spiro atoms. The molecule has 230 valence electrons. The molecule has 3 saturated carbocycles. The van der Waals surface area contributed by atoms with Gasteiger partial charge < -0.3 is 14.2 Å². The van der Waals surface area contributed by atoms with Crippen molar-refractivity contribution < 1.29 is 38.2 Å². The van der Waals surface area contributed by atoms with Crippen molar-refractivity contribution in [2.45, 2.75) is 99.7 Å². The van der Waals surface area contributed by atoms with Gasteiger partial charge in [0.2, 0.25) is 0 Å². The number of hydrogen-bond acceptors (Lipinski definition) is 8. The van der Waals surface area contributed by atoms with E-state index in [-0.39, 0.29) is 23.4 Å². The molecule has 9 unspecified atom stereocenters. The van der Waals surface area contributed by atoms with Crippen LogP contribution in [0.4, 0.5) is 0 Å². The zero-order valence-electron chi connectivity index (χ0n) is 26.5. The van der Waals surface area contributed by atoms with Crippen molar-refractivity contribution in [3.05, 3.63) is 34.9 Å². The molecule has 0 aromatic carbocycles. The highest BCUT2D eigenvalue weighted by molar-refractivity contribution is 5.98. The largest absolute Gasteiger partial charge is 0.466 e. The molecule has 0 bridgehead atoms. The van der Waals surface area contributed by atoms with Crippen LogP contribution >= 0.6 is 0 Å². The summed E-state index contributed by atoms with van der Waals surface area (Å²) in [6, 6.07) is 0. The van der Waals surface area contributed by atoms with E-state index in [2.05, 4.69) is 19.9 Å². The van der Waals surface area contributed by atoms with Crippen molar-refractivity contribution in [1.82, 2.24) is 0 Å². The van der Waals surface area contributed by atoms with Gasteiger partial charge in [-0.2, -0.15) is 0 Å². The van der Waals surface area contributed by atoms with Gasteiger partial charge in [-0.25, -0.2) is 4.79 Å². The maximum Gasteiger partial charge on any atom is 0.333 e. The van der Waals surface area contributed by atoms with Crippen molar-refractivity contribution >= 4 is 29.5 Å². The maximum absolute atomic E-state index is 14.8. The summed E-state index contributed by atoms with van der Waals surface area (Å²) in [5, 5.41) is 0. The van der Waals surface area contributed by atoms with Crippen LogP contribution in [0.3, 0.4) is 0 Å². The number of ether oxygens (including phenoxy) is 3. The molecule has 3 fully saturated rings. The minimum absolute atomic E-state index is 0.0778. The Morgan fingerprint density at radius 3 is 2.21 bits per heavy atom. The van der Waals surface area contributed by atoms with Crippen LogP contribution in [0.1, 0.15) is 87.5 Å². The van der Waals surface area contributed by atoms with Gasteiger partial charge in [0.1, 0.15) is 6.10 Å². The van der Waals surface area contributed by atoms with Crippen molar-refractivity contribution in [2.24, 2.45) is 39.9 Å². The molecule has 0 radical (unpaired) electrons. The first-order valence-electron chi connectivity index (χ1n) is 15.1. The van der Waals surface area contributed by atoms with Crippen molar-refractivity contribution in [2.75, 3.05) is 7.11 Å². The van der Waals surface area contributed by atoms with Gasteiger partial charge in [0.05, 0.1) is 7.11 Å². The average Bonchev–Trinajstić information content (AvgIpc) is 3.18. The summed E-state index contributed by atoms with van der Waals surface area (Å²) in [6.45, 7) is 14.6. The fraction of sp³-hybridized carbons (Fsp3) is 0.676. The van der Waals surface area contributed by atoms with Gasteiger partial charge in [0.25, 0.3) is 0 Å². The van der Waals surface area contributed by atoms with Crippen molar-refractivity contribution in [3.63, 3.8) is 0 Å². The van der Waals surface area contributed by atoms with Gasteiger partial charge in [0.15, 0.2) is 17.7 Å². The Labute approximate surface area is 249 Å². The van der Waals surface area contributed by atoms with Crippen LogP contribution in [0.2, 0.25) is 0 Å². The van der Waals surface area contributed by atoms with Crippen LogP contribution in [0.15, 0.2) is 34.9 Å². The zero-order valence-corrected chi connectivity index (χ0v) is 26.5. The van der Waals surface area contributed by atoms with Gasteiger partial charge in [-0.3, -0.25) is 19.2 Å². The molecule has 9 atom stereocenters. The molecule has 0 aromatic heterocycles. The first kappa shape index (κ1) is 31.9. The lowest BCUT2D eigenvalue weighted by Gasteiger charge is -2.66. The summed E-state index contributed by atoms with van der Waals surface area (Å²) in [5.41, 5.74) is 0.0365. The molecule has 0 heterocycles. The van der Waals surface area contributed by atoms with Crippen LogP contribution < -0.4 is 0 Å². The number of carbonyl (C=O) groups is 5. The van der Waals surface area contributed by atoms with Gasteiger partial charge >= 0.3 is 17.9 Å². The molecule has 0 aliphatic heterocycles. The molecule has 8 nitrogen and oxygen atoms in total. The molecule has 0 saturated heterocycles. The lowest BCUT2D eigenvalue weighted by atomic mass is 9.37. The summed E-state index contributed by atoms with van der Waals surface area (Å²) in [6.07, 6.45) is 6.56. The van der Waals surface area contributed by atoms with E-state index in [9.17, 15) is 24.0 Å². The monoisotopic (exact) mass is 582 g/mol. The number of carbonyl (C=O) groups excluding carboxylic acids is 5. The lowest BCUT2D eigenvalue weighted by molar-refractivity contribution is -0.207. The molecule has 0 amide bonds. The Morgan fingerprint density at radius 2 is 1.64 bits per heavy atom. The normalized spacial score (nSPS) is 39.8. The number of allylic oxidation sites excluding steroid dienone is 4. The Kier molecular flexibility index (Phi) is 8.53. The first-order chi connectivity index (χ1) is 19.5. The SMILES string of the molecule is COC(=O)C(CCC=C(C)C)=C1C(OC(C)=O)CC2(C)C1CCC1C3(C)C=CC(=O)C(C)C3C(OC(C)=O)C(=O)C12C. The van der Waals surface area contributed by atoms with Gasteiger partial charge in [0, 0.05) is 36.7 Å². The van der Waals surface area contributed by atoms with E-state index in [1.807, 2.05) is 33.8 Å². The second kappa shape index (κ2) is 11.2. The third-order valence-corrected chi connectivity index (χ3v) is 11.2. The molecule has 4 aliphatic rings. The van der Waals surface area contributed by atoms with E-state index in [4.69, 9.17) is 14.2 Å². The van der Waals surface area contributed by atoms with E-state index < -0.39 is 58.2 Å². The highest BCUT2D eigenvalue weighted by atomic mass is 16.6. The number of fused-ring (bicyclic) bond motifs is 5. The Bertz CT molecular complexity index is 1280. The number of ketones is 2. The second-order valence-electron chi connectivity index (χ2n) is 13.7. The summed E-state index contributed by atoms with van der Waals surface area (Å²) in [4.78, 5) is 65.7. The fourth-order valence-electron chi connectivity index (χ4n) is 9.30. The van der Waals surface area contributed by atoms with Gasteiger partial charge in [-0.05, 0) is 80.3 Å². The molecule has 8 heteroatoms. The minimum atomic E-state index is -1.09. The van der Waals surface area contributed by atoms with E-state index >= 15 is 0 Å². The Hall–Kier alpha value is -3.03. The number of rotatable bonds is 6. The highest BCUT2D eigenvalue weighted by Gasteiger charge is 2.74. The Balaban J connectivity index is 1.94. The van der Waals surface area contributed by atoms with E-state index in [0.29, 0.717) is 37.7 Å². The number of hydrogen-bond donors (Lipinski definition) is 0. The van der Waals surface area contributed by atoms with Crippen LogP contribution in [0.5, 0.6) is 0 Å². The molecule has 4 rings (SSSR count). The molecule has 0 N–H and O–H groups in total. The van der Waals surface area contributed by atoms with Crippen LogP contribution in [0.25, 0.3) is 0 Å².